The van der Waals surface area contributed by atoms with Crippen molar-refractivity contribution in [2.75, 3.05) is 33.0 Å². The molecule has 0 radical (unpaired) electrons. The zero-order valence-electron chi connectivity index (χ0n) is 16.6. The highest BCUT2D eigenvalue weighted by Crippen LogP contribution is 2.33. The number of hydrogen-bond donors (Lipinski definition) is 0. The van der Waals surface area contributed by atoms with Gasteiger partial charge in [-0.05, 0) is 30.5 Å². The first kappa shape index (κ1) is 18.4. The number of piperazine rings is 1. The molecule has 1 aromatic heterocycles. The fourth-order valence-electron chi connectivity index (χ4n) is 4.47. The van der Waals surface area contributed by atoms with Gasteiger partial charge < -0.3 is 14.4 Å². The van der Waals surface area contributed by atoms with E-state index in [0.29, 0.717) is 31.6 Å². The molecule has 1 saturated carbocycles. The van der Waals surface area contributed by atoms with Crippen molar-refractivity contribution in [2.24, 2.45) is 0 Å². The standard InChI is InChI=1S/C21H27N5O3/c27-21(18-14-26(23-22-18)17-4-2-1-3-5-17)25-10-8-24(9-11-25)13-16-6-7-19-20(12-16)29-15-28-19/h6-7,12,14,17H,1-5,8-11,13,15H2. The molecule has 8 nitrogen and oxygen atoms in total. The lowest BCUT2D eigenvalue weighted by Gasteiger charge is -2.34. The molecule has 1 amide bonds. The van der Waals surface area contributed by atoms with Crippen LogP contribution in [0.5, 0.6) is 11.5 Å². The summed E-state index contributed by atoms with van der Waals surface area (Å²) in [6, 6.07) is 6.49. The number of benzene rings is 1. The second-order valence-corrected chi connectivity index (χ2v) is 8.13. The van der Waals surface area contributed by atoms with Crippen LogP contribution < -0.4 is 9.47 Å². The fourth-order valence-corrected chi connectivity index (χ4v) is 4.47. The minimum atomic E-state index is -0.00483. The van der Waals surface area contributed by atoms with Gasteiger partial charge in [0.1, 0.15) is 0 Å². The lowest BCUT2D eigenvalue weighted by Crippen LogP contribution is -2.48. The monoisotopic (exact) mass is 397 g/mol. The maximum Gasteiger partial charge on any atom is 0.276 e. The number of hydrogen-bond acceptors (Lipinski definition) is 6. The van der Waals surface area contributed by atoms with Gasteiger partial charge in [0.25, 0.3) is 5.91 Å². The lowest BCUT2D eigenvalue weighted by molar-refractivity contribution is 0.0622. The van der Waals surface area contributed by atoms with Gasteiger partial charge in [0.15, 0.2) is 17.2 Å². The molecular formula is C21H27N5O3. The molecule has 8 heteroatoms. The van der Waals surface area contributed by atoms with E-state index in [-0.39, 0.29) is 5.91 Å². The molecule has 154 valence electrons. The van der Waals surface area contributed by atoms with Crippen molar-refractivity contribution in [1.82, 2.24) is 24.8 Å². The van der Waals surface area contributed by atoms with Crippen molar-refractivity contribution in [2.45, 2.75) is 44.7 Å². The van der Waals surface area contributed by atoms with Crippen LogP contribution in [-0.2, 0) is 6.54 Å². The van der Waals surface area contributed by atoms with Crippen molar-refractivity contribution in [3.8, 4) is 11.5 Å². The average molecular weight is 397 g/mol. The van der Waals surface area contributed by atoms with Crippen molar-refractivity contribution >= 4 is 5.91 Å². The molecule has 2 aliphatic heterocycles. The first-order chi connectivity index (χ1) is 14.3. The van der Waals surface area contributed by atoms with Crippen LogP contribution in [0.1, 0.15) is 54.2 Å². The first-order valence-electron chi connectivity index (χ1n) is 10.6. The Morgan fingerprint density at radius 2 is 1.83 bits per heavy atom. The molecule has 2 aromatic rings. The summed E-state index contributed by atoms with van der Waals surface area (Å²) in [5.41, 5.74) is 1.67. The zero-order valence-corrected chi connectivity index (χ0v) is 16.6. The van der Waals surface area contributed by atoms with Crippen LogP contribution in [0.15, 0.2) is 24.4 Å². The fraction of sp³-hybridized carbons (Fsp3) is 0.571. The number of rotatable bonds is 4. The summed E-state index contributed by atoms with van der Waals surface area (Å²) in [7, 11) is 0. The van der Waals surface area contributed by atoms with Gasteiger partial charge in [0.05, 0.1) is 12.2 Å². The molecule has 5 rings (SSSR count). The van der Waals surface area contributed by atoms with Crippen molar-refractivity contribution in [1.29, 1.82) is 0 Å². The number of carbonyl (C=O) groups is 1. The highest BCUT2D eigenvalue weighted by atomic mass is 16.7. The minimum Gasteiger partial charge on any atom is -0.454 e. The Hall–Kier alpha value is -2.61. The lowest BCUT2D eigenvalue weighted by atomic mass is 9.96. The molecule has 3 aliphatic rings. The molecule has 2 fully saturated rings. The van der Waals surface area contributed by atoms with Gasteiger partial charge in [-0.15, -0.1) is 5.10 Å². The van der Waals surface area contributed by atoms with Crippen LogP contribution in [0.2, 0.25) is 0 Å². The van der Waals surface area contributed by atoms with Crippen LogP contribution in [-0.4, -0.2) is 63.7 Å². The van der Waals surface area contributed by atoms with E-state index in [0.717, 1.165) is 44.0 Å². The summed E-state index contributed by atoms with van der Waals surface area (Å²) in [4.78, 5) is 17.1. The van der Waals surface area contributed by atoms with E-state index in [2.05, 4.69) is 21.3 Å². The highest BCUT2D eigenvalue weighted by Gasteiger charge is 2.26. The number of carbonyl (C=O) groups excluding carboxylic acids is 1. The van der Waals surface area contributed by atoms with Gasteiger partial charge in [-0.2, -0.15) is 0 Å². The van der Waals surface area contributed by atoms with E-state index in [9.17, 15) is 4.79 Å². The van der Waals surface area contributed by atoms with Gasteiger partial charge in [0.2, 0.25) is 6.79 Å². The summed E-state index contributed by atoms with van der Waals surface area (Å²) in [6.45, 7) is 4.24. The number of ether oxygens (including phenoxy) is 2. The van der Waals surface area contributed by atoms with Gasteiger partial charge in [0, 0.05) is 32.7 Å². The smallest absolute Gasteiger partial charge is 0.276 e. The van der Waals surface area contributed by atoms with Crippen molar-refractivity contribution < 1.29 is 14.3 Å². The Balaban J connectivity index is 1.15. The minimum absolute atomic E-state index is 0.00483. The molecule has 0 spiro atoms. The van der Waals surface area contributed by atoms with Crippen LogP contribution in [0, 0.1) is 0 Å². The summed E-state index contributed by atoms with van der Waals surface area (Å²) < 4.78 is 12.7. The summed E-state index contributed by atoms with van der Waals surface area (Å²) >= 11 is 0. The summed E-state index contributed by atoms with van der Waals surface area (Å²) in [6.07, 6.45) is 7.88. The topological polar surface area (TPSA) is 72.7 Å². The molecule has 1 aliphatic carbocycles. The van der Waals surface area contributed by atoms with Gasteiger partial charge in [-0.3, -0.25) is 9.69 Å². The molecule has 29 heavy (non-hydrogen) atoms. The Morgan fingerprint density at radius 3 is 2.66 bits per heavy atom. The normalized spacial score (nSPS) is 20.2. The Labute approximate surface area is 170 Å². The van der Waals surface area contributed by atoms with Crippen LogP contribution in [0.4, 0.5) is 0 Å². The third kappa shape index (κ3) is 3.94. The number of nitrogens with zero attached hydrogens (tertiary/aromatic N) is 5. The van der Waals surface area contributed by atoms with E-state index < -0.39 is 0 Å². The van der Waals surface area contributed by atoms with Crippen LogP contribution in [0.25, 0.3) is 0 Å². The quantitative estimate of drug-likeness (QED) is 0.789. The Kier molecular flexibility index (Phi) is 5.10. The Morgan fingerprint density at radius 1 is 1.03 bits per heavy atom. The summed E-state index contributed by atoms with van der Waals surface area (Å²) in [5.74, 6) is 1.62. The molecule has 0 N–H and O–H groups in total. The molecular weight excluding hydrogens is 370 g/mol. The van der Waals surface area contributed by atoms with Gasteiger partial charge in [-0.25, -0.2) is 4.68 Å². The zero-order chi connectivity index (χ0) is 19.6. The maximum absolute atomic E-state index is 12.8. The SMILES string of the molecule is O=C(c1cn(C2CCCCC2)nn1)N1CCN(Cc2ccc3c(c2)OCO3)CC1. The Bertz CT molecular complexity index is 869. The van der Waals surface area contributed by atoms with E-state index in [1.807, 2.05) is 27.9 Å². The van der Waals surface area contributed by atoms with Crippen LogP contribution >= 0.6 is 0 Å². The maximum atomic E-state index is 12.8. The van der Waals surface area contributed by atoms with E-state index in [4.69, 9.17) is 9.47 Å². The predicted octanol–water partition coefficient (Wildman–Crippen LogP) is 2.47. The average Bonchev–Trinajstić information content (AvgIpc) is 3.44. The molecule has 3 heterocycles. The third-order valence-corrected chi connectivity index (χ3v) is 6.18. The molecule has 0 atom stereocenters. The molecule has 1 aromatic carbocycles. The van der Waals surface area contributed by atoms with Gasteiger partial charge >= 0.3 is 0 Å². The number of fused-ring (bicyclic) bond motifs is 1. The van der Waals surface area contributed by atoms with E-state index in [1.165, 1.54) is 24.8 Å². The van der Waals surface area contributed by atoms with E-state index >= 15 is 0 Å². The highest BCUT2D eigenvalue weighted by molar-refractivity contribution is 5.92. The van der Waals surface area contributed by atoms with Crippen molar-refractivity contribution in [3.05, 3.63) is 35.7 Å². The largest absolute Gasteiger partial charge is 0.454 e. The number of aromatic nitrogens is 3. The second kappa shape index (κ2) is 8.02. The predicted molar refractivity (Wildman–Crippen MR) is 106 cm³/mol. The number of amides is 1. The molecule has 0 bridgehead atoms. The van der Waals surface area contributed by atoms with E-state index in [1.54, 1.807) is 0 Å². The van der Waals surface area contributed by atoms with Crippen molar-refractivity contribution in [3.63, 3.8) is 0 Å². The third-order valence-electron chi connectivity index (χ3n) is 6.18. The second-order valence-electron chi connectivity index (χ2n) is 8.13. The van der Waals surface area contributed by atoms with Crippen LogP contribution in [0.3, 0.4) is 0 Å². The van der Waals surface area contributed by atoms with Gasteiger partial charge in [-0.1, -0.05) is 30.5 Å². The molecule has 1 saturated heterocycles. The first-order valence-corrected chi connectivity index (χ1v) is 10.6. The molecule has 0 unspecified atom stereocenters. The summed E-state index contributed by atoms with van der Waals surface area (Å²) in [5, 5.41) is 8.41.